The Morgan fingerprint density at radius 2 is 2.00 bits per heavy atom. The quantitative estimate of drug-likeness (QED) is 0.682. The van der Waals surface area contributed by atoms with E-state index in [-0.39, 0.29) is 29.9 Å². The zero-order chi connectivity index (χ0) is 22.3. The smallest absolute Gasteiger partial charge is 0.336 e. The van der Waals surface area contributed by atoms with Crippen LogP contribution in [0.25, 0.3) is 5.82 Å². The van der Waals surface area contributed by atoms with Crippen molar-refractivity contribution in [3.8, 4) is 5.82 Å². The van der Waals surface area contributed by atoms with Crippen molar-refractivity contribution in [3.63, 3.8) is 0 Å². The molecule has 5 rings (SSSR count). The highest BCUT2D eigenvalue weighted by Gasteiger charge is 2.50. The minimum absolute atomic E-state index is 0.0368. The summed E-state index contributed by atoms with van der Waals surface area (Å²) in [7, 11) is 0. The number of likely N-dealkylation sites (tertiary alicyclic amines) is 1. The molecule has 0 bridgehead atoms. The number of amides is 1. The molecule has 1 aliphatic carbocycles. The second-order valence-electron chi connectivity index (χ2n) is 8.87. The summed E-state index contributed by atoms with van der Waals surface area (Å²) in [5, 5.41) is 23.2. The molecule has 3 aliphatic rings. The van der Waals surface area contributed by atoms with Crippen LogP contribution in [0.3, 0.4) is 0 Å². The molecule has 2 aliphatic heterocycles. The molecule has 0 aromatic carbocycles. The molecule has 1 N–H and O–H groups in total. The van der Waals surface area contributed by atoms with Gasteiger partial charge in [0.25, 0.3) is 0 Å². The first kappa shape index (κ1) is 20.7. The summed E-state index contributed by atoms with van der Waals surface area (Å²) in [6.07, 6.45) is 5.85. The summed E-state index contributed by atoms with van der Waals surface area (Å²) in [6, 6.07) is 4.11. The highest BCUT2D eigenvalue weighted by molar-refractivity contribution is 5.94. The fraction of sp³-hybridized carbons (Fsp3) is 0.571. The lowest BCUT2D eigenvalue weighted by Crippen LogP contribution is -2.42. The third-order valence-corrected chi connectivity index (χ3v) is 7.04. The van der Waals surface area contributed by atoms with Crippen LogP contribution < -0.4 is 5.32 Å². The Kier molecular flexibility index (Phi) is 5.20. The second kappa shape index (κ2) is 8.05. The summed E-state index contributed by atoms with van der Waals surface area (Å²) in [5.74, 6) is 0.403. The summed E-state index contributed by atoms with van der Waals surface area (Å²) in [4.78, 5) is 26.8. The number of carbonyl (C=O) groups is 2. The molecule has 1 atom stereocenters. The zero-order valence-electron chi connectivity index (χ0n) is 18.2. The Hall–Kier alpha value is -3.21. The lowest BCUT2D eigenvalue weighted by Gasteiger charge is -2.37. The molecule has 11 nitrogen and oxygen atoms in total. The maximum atomic E-state index is 13.3. The van der Waals surface area contributed by atoms with Crippen LogP contribution in [-0.4, -0.2) is 66.4 Å². The van der Waals surface area contributed by atoms with Crippen molar-refractivity contribution < 1.29 is 14.3 Å². The molecule has 1 saturated carbocycles. The molecule has 1 spiro atoms. The molecule has 1 saturated heterocycles. The van der Waals surface area contributed by atoms with Gasteiger partial charge in [0, 0.05) is 18.6 Å². The van der Waals surface area contributed by atoms with E-state index in [0.29, 0.717) is 24.0 Å². The van der Waals surface area contributed by atoms with E-state index in [0.717, 1.165) is 43.5 Å². The summed E-state index contributed by atoms with van der Waals surface area (Å²) >= 11 is 0. The number of hydrogen-bond acceptors (Lipinski definition) is 9. The van der Waals surface area contributed by atoms with Gasteiger partial charge in [-0.15, -0.1) is 10.2 Å². The number of aromatic nitrogens is 6. The van der Waals surface area contributed by atoms with Gasteiger partial charge in [-0.25, -0.2) is 4.79 Å². The van der Waals surface area contributed by atoms with Gasteiger partial charge in [0.15, 0.2) is 5.82 Å². The highest BCUT2D eigenvalue weighted by Crippen LogP contribution is 2.46. The van der Waals surface area contributed by atoms with E-state index in [4.69, 9.17) is 4.74 Å². The number of tetrazole rings is 1. The minimum Gasteiger partial charge on any atom is -0.456 e. The van der Waals surface area contributed by atoms with Crippen LogP contribution in [0.4, 0.5) is 0 Å². The van der Waals surface area contributed by atoms with Gasteiger partial charge in [0.1, 0.15) is 12.9 Å². The lowest BCUT2D eigenvalue weighted by molar-refractivity contribution is -0.138. The van der Waals surface area contributed by atoms with E-state index >= 15 is 0 Å². The molecular weight excluding hydrogens is 412 g/mol. The number of cyclic esters (lactones) is 1. The minimum atomic E-state index is -0.315. The summed E-state index contributed by atoms with van der Waals surface area (Å²) < 4.78 is 6.57. The maximum Gasteiger partial charge on any atom is 0.336 e. The average molecular weight is 438 g/mol. The van der Waals surface area contributed by atoms with E-state index < -0.39 is 0 Å². The number of nitrogens with zero attached hydrogens (tertiary/aromatic N) is 7. The SMILES string of the molecule is CC1=C(N2CC[C@]3(CC[C@@H](N[C@@H](C)c4ccc(-n5cnnn5)nn4)CC3)C2=O)COC1=O. The van der Waals surface area contributed by atoms with Crippen molar-refractivity contribution >= 4 is 11.9 Å². The molecule has 11 heteroatoms. The summed E-state index contributed by atoms with van der Waals surface area (Å²) in [6.45, 7) is 4.69. The Bertz CT molecular complexity index is 1040. The predicted molar refractivity (Wildman–Crippen MR) is 111 cm³/mol. The molecule has 2 fully saturated rings. The van der Waals surface area contributed by atoms with Crippen molar-refractivity contribution in [1.29, 1.82) is 0 Å². The van der Waals surface area contributed by atoms with E-state index in [1.165, 1.54) is 11.0 Å². The van der Waals surface area contributed by atoms with Crippen LogP contribution in [0.2, 0.25) is 0 Å². The lowest BCUT2D eigenvalue weighted by atomic mass is 9.71. The van der Waals surface area contributed by atoms with Crippen LogP contribution >= 0.6 is 0 Å². The van der Waals surface area contributed by atoms with E-state index in [9.17, 15) is 9.59 Å². The number of rotatable bonds is 5. The maximum absolute atomic E-state index is 13.3. The van der Waals surface area contributed by atoms with E-state index in [1.807, 2.05) is 12.1 Å². The van der Waals surface area contributed by atoms with Gasteiger partial charge in [-0.1, -0.05) is 0 Å². The first-order chi connectivity index (χ1) is 15.5. The number of ether oxygens (including phenoxy) is 1. The number of hydrogen-bond donors (Lipinski definition) is 1. The zero-order valence-corrected chi connectivity index (χ0v) is 18.2. The van der Waals surface area contributed by atoms with Crippen LogP contribution in [0.5, 0.6) is 0 Å². The Morgan fingerprint density at radius 3 is 2.62 bits per heavy atom. The van der Waals surface area contributed by atoms with Gasteiger partial charge < -0.3 is 15.0 Å². The Balaban J connectivity index is 1.18. The molecule has 2 aromatic heterocycles. The average Bonchev–Trinajstić information content (AvgIpc) is 3.53. The van der Waals surface area contributed by atoms with Crippen molar-refractivity contribution in [2.45, 2.75) is 58.0 Å². The second-order valence-corrected chi connectivity index (χ2v) is 8.87. The molecule has 2 aromatic rings. The van der Waals surface area contributed by atoms with Crippen molar-refractivity contribution in [2.75, 3.05) is 13.2 Å². The first-order valence-corrected chi connectivity index (χ1v) is 11.0. The highest BCUT2D eigenvalue weighted by atomic mass is 16.5. The van der Waals surface area contributed by atoms with Crippen molar-refractivity contribution in [1.82, 2.24) is 40.6 Å². The predicted octanol–water partition coefficient (Wildman–Crippen LogP) is 1.09. The van der Waals surface area contributed by atoms with Gasteiger partial charge in [-0.2, -0.15) is 9.78 Å². The molecule has 32 heavy (non-hydrogen) atoms. The third-order valence-electron chi connectivity index (χ3n) is 7.04. The number of esters is 1. The van der Waals surface area contributed by atoms with Crippen LogP contribution in [-0.2, 0) is 14.3 Å². The largest absolute Gasteiger partial charge is 0.456 e. The Labute approximate surface area is 185 Å². The molecule has 0 radical (unpaired) electrons. The third kappa shape index (κ3) is 3.56. The van der Waals surface area contributed by atoms with Crippen LogP contribution in [0, 0.1) is 5.41 Å². The molecule has 4 heterocycles. The standard InChI is InChI=1S/C21H26N8O3/c1-13-17(11-32-19(13)30)28-10-9-21(20(28)31)7-5-15(6-8-21)23-14(2)16-3-4-18(25-24-16)29-12-22-26-27-29/h3-4,12,14-15,23H,5-11H2,1-2H3/t14-,15-,21-/m0/s1. The molecular formula is C21H26N8O3. The van der Waals surface area contributed by atoms with Crippen LogP contribution in [0.1, 0.15) is 57.7 Å². The van der Waals surface area contributed by atoms with Gasteiger partial charge in [-0.05, 0) is 68.5 Å². The fourth-order valence-corrected chi connectivity index (χ4v) is 5.02. The van der Waals surface area contributed by atoms with Crippen LogP contribution in [0.15, 0.2) is 29.7 Å². The van der Waals surface area contributed by atoms with Crippen molar-refractivity contribution in [2.24, 2.45) is 5.41 Å². The number of nitrogens with one attached hydrogen (secondary N) is 1. The monoisotopic (exact) mass is 438 g/mol. The van der Waals surface area contributed by atoms with E-state index in [2.05, 4.69) is 38.0 Å². The Morgan fingerprint density at radius 1 is 1.19 bits per heavy atom. The molecule has 0 unspecified atom stereocenters. The topological polar surface area (TPSA) is 128 Å². The van der Waals surface area contributed by atoms with Gasteiger partial charge in [-0.3, -0.25) is 4.79 Å². The molecule has 168 valence electrons. The van der Waals surface area contributed by atoms with Gasteiger partial charge in [0.2, 0.25) is 5.91 Å². The van der Waals surface area contributed by atoms with E-state index in [1.54, 1.807) is 11.8 Å². The first-order valence-electron chi connectivity index (χ1n) is 11.0. The van der Waals surface area contributed by atoms with Gasteiger partial charge >= 0.3 is 5.97 Å². The number of carbonyl (C=O) groups excluding carboxylic acids is 2. The molecule has 1 amide bonds. The fourth-order valence-electron chi connectivity index (χ4n) is 5.02. The summed E-state index contributed by atoms with van der Waals surface area (Å²) in [5.41, 5.74) is 1.84. The van der Waals surface area contributed by atoms with Gasteiger partial charge in [0.05, 0.1) is 22.4 Å². The normalized spacial score (nSPS) is 26.8. The van der Waals surface area contributed by atoms with Crippen molar-refractivity contribution in [3.05, 3.63) is 35.4 Å².